The van der Waals surface area contributed by atoms with E-state index in [0.29, 0.717) is 48.0 Å². The van der Waals surface area contributed by atoms with Gasteiger partial charge in [-0.15, -0.1) is 0 Å². The molecule has 1 N–H and O–H groups in total. The molecule has 0 aliphatic carbocycles. The quantitative estimate of drug-likeness (QED) is 0.165. The second kappa shape index (κ2) is 12.1. The number of nitrogens with zero attached hydrogens (tertiary/aromatic N) is 4. The lowest BCUT2D eigenvalue weighted by molar-refractivity contribution is -0.139. The molecule has 2 aromatic carbocycles. The first-order valence-electron chi connectivity index (χ1n) is 13.9. The lowest BCUT2D eigenvalue weighted by Crippen LogP contribution is -2.32. The van der Waals surface area contributed by atoms with Gasteiger partial charge in [0.2, 0.25) is 0 Å². The second-order valence-corrected chi connectivity index (χ2v) is 10.8. The highest BCUT2D eigenvalue weighted by Gasteiger charge is 2.46. The second-order valence-electron chi connectivity index (χ2n) is 10.8. The smallest absolute Gasteiger partial charge is 0.295 e. The number of ketones is 1. The van der Waals surface area contributed by atoms with Crippen molar-refractivity contribution >= 4 is 23.1 Å². The Bertz CT molecular complexity index is 1660. The van der Waals surface area contributed by atoms with Crippen LogP contribution < -0.4 is 9.47 Å². The molecular formula is C33H36N4O5. The molecule has 5 rings (SSSR count). The first-order valence-corrected chi connectivity index (χ1v) is 13.9. The fourth-order valence-corrected chi connectivity index (χ4v) is 5.40. The van der Waals surface area contributed by atoms with Crippen LogP contribution in [-0.4, -0.2) is 70.3 Å². The van der Waals surface area contributed by atoms with Crippen LogP contribution in [0.2, 0.25) is 0 Å². The number of pyridine rings is 1. The number of benzene rings is 2. The zero-order valence-electron chi connectivity index (χ0n) is 24.6. The molecule has 1 amide bonds. The first-order chi connectivity index (χ1) is 20.2. The summed E-state index contributed by atoms with van der Waals surface area (Å²) in [7, 11) is 5.46. The van der Waals surface area contributed by atoms with Crippen molar-refractivity contribution in [3.8, 4) is 11.5 Å². The van der Waals surface area contributed by atoms with Gasteiger partial charge in [0, 0.05) is 12.7 Å². The molecular weight excluding hydrogens is 532 g/mol. The molecule has 2 aromatic heterocycles. The Morgan fingerprint density at radius 2 is 1.79 bits per heavy atom. The number of carbonyl (C=O) groups excluding carboxylic acids is 2. The van der Waals surface area contributed by atoms with Crippen molar-refractivity contribution in [2.45, 2.75) is 32.9 Å². The van der Waals surface area contributed by atoms with Crippen molar-refractivity contribution in [3.05, 3.63) is 101 Å². The predicted molar refractivity (Wildman–Crippen MR) is 161 cm³/mol. The van der Waals surface area contributed by atoms with Crippen LogP contribution in [0.15, 0.2) is 72.4 Å². The predicted octanol–water partition coefficient (Wildman–Crippen LogP) is 4.91. The van der Waals surface area contributed by atoms with Crippen molar-refractivity contribution in [3.63, 3.8) is 0 Å². The number of amides is 1. The number of imidazole rings is 1. The SMILES string of the molecule is COc1cc(C2C(=C(O)c3nc4c(C)cccn4c3C)C(=O)C(=O)N2CCCN(C)C)ccc1OCc1ccccc1. The van der Waals surface area contributed by atoms with Crippen molar-refractivity contribution in [1.82, 2.24) is 19.2 Å². The summed E-state index contributed by atoms with van der Waals surface area (Å²) >= 11 is 0. The maximum Gasteiger partial charge on any atom is 0.295 e. The van der Waals surface area contributed by atoms with Gasteiger partial charge in [0.25, 0.3) is 11.7 Å². The Morgan fingerprint density at radius 3 is 2.48 bits per heavy atom. The molecule has 1 unspecified atom stereocenters. The van der Waals surface area contributed by atoms with E-state index >= 15 is 0 Å². The van der Waals surface area contributed by atoms with Crippen LogP contribution in [0.5, 0.6) is 11.5 Å². The highest BCUT2D eigenvalue weighted by atomic mass is 16.5. The number of methoxy groups -OCH3 is 1. The Labute approximate surface area is 245 Å². The van der Waals surface area contributed by atoms with Gasteiger partial charge in [-0.05, 0) is 75.8 Å². The highest BCUT2D eigenvalue weighted by molar-refractivity contribution is 6.46. The fraction of sp³-hybridized carbons (Fsp3) is 0.303. The highest BCUT2D eigenvalue weighted by Crippen LogP contribution is 2.42. The molecule has 218 valence electrons. The number of Topliss-reactive ketones (excluding diaryl/α,β-unsaturated/α-hetero) is 1. The van der Waals surface area contributed by atoms with Crippen LogP contribution >= 0.6 is 0 Å². The van der Waals surface area contributed by atoms with Gasteiger partial charge in [-0.3, -0.25) is 9.59 Å². The third-order valence-corrected chi connectivity index (χ3v) is 7.59. The monoisotopic (exact) mass is 568 g/mol. The number of hydrogen-bond acceptors (Lipinski definition) is 7. The average Bonchev–Trinajstić information content (AvgIpc) is 3.46. The number of aliphatic hydroxyl groups excluding tert-OH is 1. The maximum atomic E-state index is 13.6. The van der Waals surface area contributed by atoms with E-state index in [9.17, 15) is 14.7 Å². The number of ether oxygens (including phenoxy) is 2. The molecule has 3 heterocycles. The van der Waals surface area contributed by atoms with Crippen LogP contribution in [0.25, 0.3) is 11.4 Å². The van der Waals surface area contributed by atoms with Gasteiger partial charge in [0.1, 0.15) is 17.9 Å². The number of fused-ring (bicyclic) bond motifs is 1. The Kier molecular flexibility index (Phi) is 8.31. The molecule has 4 aromatic rings. The van der Waals surface area contributed by atoms with Gasteiger partial charge in [-0.1, -0.05) is 42.5 Å². The van der Waals surface area contributed by atoms with Gasteiger partial charge in [-0.25, -0.2) is 4.98 Å². The molecule has 0 bridgehead atoms. The summed E-state index contributed by atoms with van der Waals surface area (Å²) in [6, 6.07) is 18.2. The molecule has 1 aliphatic rings. The van der Waals surface area contributed by atoms with Crippen molar-refractivity contribution < 1.29 is 24.2 Å². The summed E-state index contributed by atoms with van der Waals surface area (Å²) in [4.78, 5) is 35.2. The number of aliphatic hydroxyl groups is 1. The number of aryl methyl sites for hydroxylation is 2. The molecule has 9 heteroatoms. The summed E-state index contributed by atoms with van der Waals surface area (Å²) in [5.41, 5.74) is 4.19. The Morgan fingerprint density at radius 1 is 1.02 bits per heavy atom. The van der Waals surface area contributed by atoms with E-state index in [0.717, 1.165) is 17.7 Å². The minimum atomic E-state index is -0.824. The zero-order valence-corrected chi connectivity index (χ0v) is 24.6. The lowest BCUT2D eigenvalue weighted by Gasteiger charge is -2.26. The lowest BCUT2D eigenvalue weighted by atomic mass is 9.96. The molecule has 0 spiro atoms. The van der Waals surface area contributed by atoms with Crippen molar-refractivity contribution in [2.24, 2.45) is 0 Å². The number of hydrogen-bond donors (Lipinski definition) is 1. The Balaban J connectivity index is 1.59. The largest absolute Gasteiger partial charge is 0.505 e. The van der Waals surface area contributed by atoms with Gasteiger partial charge in [0.05, 0.1) is 24.4 Å². The molecule has 1 fully saturated rings. The van der Waals surface area contributed by atoms with Gasteiger partial charge >= 0.3 is 0 Å². The first kappa shape index (κ1) is 28.9. The molecule has 1 saturated heterocycles. The van der Waals surface area contributed by atoms with E-state index in [-0.39, 0.29) is 17.0 Å². The van der Waals surface area contributed by atoms with Crippen LogP contribution in [0.1, 0.15) is 40.5 Å². The van der Waals surface area contributed by atoms with Gasteiger partial charge in [0.15, 0.2) is 17.3 Å². The summed E-state index contributed by atoms with van der Waals surface area (Å²) in [6.45, 7) is 5.19. The van der Waals surface area contributed by atoms with Crippen LogP contribution in [0.4, 0.5) is 0 Å². The molecule has 0 saturated carbocycles. The van der Waals surface area contributed by atoms with E-state index < -0.39 is 17.7 Å². The van der Waals surface area contributed by atoms with E-state index in [4.69, 9.17) is 9.47 Å². The van der Waals surface area contributed by atoms with Gasteiger partial charge in [-0.2, -0.15) is 0 Å². The third-order valence-electron chi connectivity index (χ3n) is 7.59. The van der Waals surface area contributed by atoms with E-state index in [2.05, 4.69) is 4.98 Å². The van der Waals surface area contributed by atoms with E-state index in [1.807, 2.05) is 92.0 Å². The van der Waals surface area contributed by atoms with Crippen LogP contribution in [0, 0.1) is 13.8 Å². The van der Waals surface area contributed by atoms with Crippen LogP contribution in [0.3, 0.4) is 0 Å². The number of likely N-dealkylation sites (tertiary alicyclic amines) is 1. The summed E-state index contributed by atoms with van der Waals surface area (Å²) in [5.74, 6) is -0.694. The minimum Gasteiger partial charge on any atom is -0.505 e. The molecule has 42 heavy (non-hydrogen) atoms. The molecule has 0 radical (unpaired) electrons. The summed E-state index contributed by atoms with van der Waals surface area (Å²) in [6.07, 6.45) is 2.51. The topological polar surface area (TPSA) is 96.6 Å². The van der Waals surface area contributed by atoms with Gasteiger partial charge < -0.3 is 28.8 Å². The third kappa shape index (κ3) is 5.47. The average molecular weight is 569 g/mol. The Hall–Kier alpha value is -4.63. The number of carbonyl (C=O) groups is 2. The minimum absolute atomic E-state index is 0.00835. The fourth-order valence-electron chi connectivity index (χ4n) is 5.40. The van der Waals surface area contributed by atoms with Crippen molar-refractivity contribution in [1.29, 1.82) is 0 Å². The molecule has 9 nitrogen and oxygen atoms in total. The van der Waals surface area contributed by atoms with E-state index in [1.54, 1.807) is 19.2 Å². The molecule has 1 atom stereocenters. The van der Waals surface area contributed by atoms with E-state index in [1.165, 1.54) is 4.90 Å². The number of aromatic nitrogens is 2. The summed E-state index contributed by atoms with van der Waals surface area (Å²) < 4.78 is 13.6. The standard InChI is InChI=1S/C33H36N4O5/c1-21-11-9-17-36-22(2)28(34-32(21)36)30(38)27-29(37(33(40)31(27)39)18-10-16-35(3)4)24-14-15-25(26(19-24)41-5)42-20-23-12-7-6-8-13-23/h6-9,11-15,17,19,29,38H,10,16,18,20H2,1-5H3. The normalized spacial score (nSPS) is 16.5. The summed E-state index contributed by atoms with van der Waals surface area (Å²) in [5, 5.41) is 11.7. The zero-order chi connectivity index (χ0) is 30.0. The van der Waals surface area contributed by atoms with Crippen molar-refractivity contribution in [2.75, 3.05) is 34.3 Å². The maximum absolute atomic E-state index is 13.6. The molecule has 1 aliphatic heterocycles. The van der Waals surface area contributed by atoms with Crippen LogP contribution in [-0.2, 0) is 16.2 Å². The number of rotatable bonds is 10.